The van der Waals surface area contributed by atoms with E-state index in [9.17, 15) is 16.8 Å². The molecule has 0 N–H and O–H groups in total. The van der Waals surface area contributed by atoms with Crippen LogP contribution in [0.2, 0.25) is 22.4 Å². The van der Waals surface area contributed by atoms with Gasteiger partial charge in [0.25, 0.3) is 18.1 Å². The Labute approximate surface area is 173 Å². The lowest BCUT2D eigenvalue weighted by atomic mass is 10.6. The highest BCUT2D eigenvalue weighted by Gasteiger charge is 2.24. The normalized spacial score (nSPS) is 12.0. The number of hydrogen-bond donors (Lipinski definition) is 0. The Morgan fingerprint density at radius 3 is 1.43 bits per heavy atom. The highest BCUT2D eigenvalue weighted by Crippen LogP contribution is 2.43. The summed E-state index contributed by atoms with van der Waals surface area (Å²) in [6.07, 6.45) is 0. The van der Waals surface area contributed by atoms with Crippen molar-refractivity contribution >= 4 is 120 Å². The molecule has 0 spiro atoms. The van der Waals surface area contributed by atoms with Crippen LogP contribution < -0.4 is 0 Å². The van der Waals surface area contributed by atoms with Crippen molar-refractivity contribution in [3.8, 4) is 0 Å². The van der Waals surface area contributed by atoms with Gasteiger partial charge in [0.15, 0.2) is 0 Å². The summed E-state index contributed by atoms with van der Waals surface area (Å²) in [6, 6.07) is 1.22. The molecule has 2 aromatic heterocycles. The van der Waals surface area contributed by atoms with Crippen LogP contribution in [0.1, 0.15) is 0 Å². The molecule has 0 aliphatic heterocycles. The summed E-state index contributed by atoms with van der Waals surface area (Å²) in [5, 5.41) is -0.123. The minimum atomic E-state index is -3.91. The zero-order chi connectivity index (χ0) is 18.2. The molecule has 0 radical (unpaired) electrons. The molecule has 0 aliphatic rings. The predicted octanol–water partition coefficient (Wildman–Crippen LogP) is 6.62. The predicted molar refractivity (Wildman–Crippen MR) is 99.8 cm³/mol. The summed E-state index contributed by atoms with van der Waals surface area (Å²) in [7, 11) is 2.39. The highest BCUT2D eigenvalue weighted by atomic mass is 35.7. The van der Waals surface area contributed by atoms with Crippen molar-refractivity contribution in [3.63, 3.8) is 0 Å². The Kier molecular flexibility index (Phi) is 8.12. The fraction of sp³-hybridized carbons (Fsp3) is 0. The quantitative estimate of drug-likeness (QED) is 0.404. The van der Waals surface area contributed by atoms with Crippen LogP contribution in [-0.4, -0.2) is 16.8 Å². The van der Waals surface area contributed by atoms with Crippen LogP contribution in [0, 0.1) is 0 Å². The molecule has 0 unspecified atom stereocenters. The third-order valence-corrected chi connectivity index (χ3v) is 8.84. The van der Waals surface area contributed by atoms with Gasteiger partial charge in [-0.25, -0.2) is 16.8 Å². The molecule has 15 heteroatoms. The second-order valence-electron chi connectivity index (χ2n) is 3.36. The van der Waals surface area contributed by atoms with Crippen LogP contribution in [0.4, 0.5) is 0 Å². The lowest BCUT2D eigenvalue weighted by molar-refractivity contribution is 0.608. The molecule has 130 valence electrons. The minimum Gasteiger partial charge on any atom is -0.207 e. The molecule has 2 rings (SSSR count). The lowest BCUT2D eigenvalue weighted by Gasteiger charge is -1.91. The van der Waals surface area contributed by atoms with Gasteiger partial charge >= 0.3 is 0 Å². The standard InChI is InChI=1S/C4Cl4O2S2.C4HCl3O2S2/c5-1-2(12(8,9)10)4(7)11-3(1)6;5-3-1-2(4(6)10-3)11(7,8)9/h;1H. The van der Waals surface area contributed by atoms with Gasteiger partial charge in [-0.15, -0.1) is 22.7 Å². The van der Waals surface area contributed by atoms with Crippen molar-refractivity contribution in [3.05, 3.63) is 28.4 Å². The Balaban J connectivity index is 0.000000231. The van der Waals surface area contributed by atoms with Crippen LogP contribution in [0.3, 0.4) is 0 Å². The van der Waals surface area contributed by atoms with Crippen molar-refractivity contribution in [1.82, 2.24) is 0 Å². The number of hydrogen-bond acceptors (Lipinski definition) is 6. The molecule has 0 bridgehead atoms. The van der Waals surface area contributed by atoms with Crippen LogP contribution in [-0.2, 0) is 18.1 Å². The van der Waals surface area contributed by atoms with Crippen molar-refractivity contribution in [2.45, 2.75) is 9.79 Å². The van der Waals surface area contributed by atoms with Crippen LogP contribution in [0.5, 0.6) is 0 Å². The van der Waals surface area contributed by atoms with Gasteiger partial charge in [-0.1, -0.05) is 58.0 Å². The second kappa shape index (κ2) is 8.35. The SMILES string of the molecule is O=S(=O)(Cl)c1c(Cl)sc(Cl)c1Cl.O=S(=O)(Cl)c1cc(Cl)sc1Cl. The Bertz CT molecular complexity index is 928. The molecule has 23 heavy (non-hydrogen) atoms. The molecule has 2 aromatic rings. The molecule has 2 heterocycles. The van der Waals surface area contributed by atoms with E-state index in [1.807, 2.05) is 0 Å². The maximum atomic E-state index is 10.8. The first-order valence-electron chi connectivity index (χ1n) is 4.72. The second-order valence-corrected chi connectivity index (χ2v) is 13.3. The molecular formula is C8HCl7O4S4. The van der Waals surface area contributed by atoms with Gasteiger partial charge in [0.2, 0.25) is 0 Å². The fourth-order valence-corrected chi connectivity index (χ4v) is 8.44. The van der Waals surface area contributed by atoms with Gasteiger partial charge in [-0.2, -0.15) is 0 Å². The first kappa shape index (κ1) is 22.4. The highest BCUT2D eigenvalue weighted by molar-refractivity contribution is 8.14. The first-order valence-corrected chi connectivity index (χ1v) is 12.9. The third-order valence-electron chi connectivity index (χ3n) is 1.86. The van der Waals surface area contributed by atoms with E-state index in [0.29, 0.717) is 4.34 Å². The summed E-state index contributed by atoms with van der Waals surface area (Å²) in [6.45, 7) is 0. The van der Waals surface area contributed by atoms with Gasteiger partial charge in [-0.05, 0) is 6.07 Å². The maximum Gasteiger partial charge on any atom is 0.265 e. The van der Waals surface area contributed by atoms with Crippen molar-refractivity contribution in [2.75, 3.05) is 0 Å². The summed E-state index contributed by atoms with van der Waals surface area (Å²) < 4.78 is 43.5. The fourth-order valence-electron chi connectivity index (χ4n) is 1.04. The topological polar surface area (TPSA) is 68.3 Å². The van der Waals surface area contributed by atoms with Crippen molar-refractivity contribution < 1.29 is 16.8 Å². The molecule has 0 saturated carbocycles. The van der Waals surface area contributed by atoms with Gasteiger partial charge in [0, 0.05) is 21.4 Å². The number of halogens is 7. The van der Waals surface area contributed by atoms with Crippen molar-refractivity contribution in [1.29, 1.82) is 0 Å². The molecule has 0 atom stereocenters. The van der Waals surface area contributed by atoms with E-state index in [1.54, 1.807) is 0 Å². The molecule has 0 fully saturated rings. The molecule has 0 amide bonds. The summed E-state index contributed by atoms with van der Waals surface area (Å²) in [5.41, 5.74) is 0. The molecule has 0 aromatic carbocycles. The smallest absolute Gasteiger partial charge is 0.207 e. The molecule has 4 nitrogen and oxygen atoms in total. The van der Waals surface area contributed by atoms with Gasteiger partial charge in [-0.3, -0.25) is 0 Å². The van der Waals surface area contributed by atoms with Crippen LogP contribution >= 0.6 is 102 Å². The maximum absolute atomic E-state index is 10.8. The summed E-state index contributed by atoms with van der Waals surface area (Å²) in [4.78, 5) is -0.446. The van der Waals surface area contributed by atoms with Gasteiger partial charge in [0.1, 0.15) is 22.8 Å². The van der Waals surface area contributed by atoms with E-state index >= 15 is 0 Å². The summed E-state index contributed by atoms with van der Waals surface area (Å²) >= 11 is 29.4. The van der Waals surface area contributed by atoms with E-state index in [0.717, 1.165) is 22.7 Å². The van der Waals surface area contributed by atoms with E-state index in [2.05, 4.69) is 0 Å². The lowest BCUT2D eigenvalue weighted by Crippen LogP contribution is -1.88. The largest absolute Gasteiger partial charge is 0.265 e. The Morgan fingerprint density at radius 1 is 0.739 bits per heavy atom. The van der Waals surface area contributed by atoms with E-state index in [-0.39, 0.29) is 27.8 Å². The van der Waals surface area contributed by atoms with Crippen LogP contribution in [0.25, 0.3) is 0 Å². The molecule has 0 saturated heterocycles. The summed E-state index contributed by atoms with van der Waals surface area (Å²) in [5.74, 6) is 0. The number of thiophene rings is 2. The zero-order valence-corrected chi connectivity index (χ0v) is 18.5. The van der Waals surface area contributed by atoms with E-state index in [4.69, 9.17) is 79.4 Å². The van der Waals surface area contributed by atoms with Gasteiger partial charge < -0.3 is 0 Å². The first-order chi connectivity index (χ1) is 10.2. The molecule has 0 aliphatic carbocycles. The van der Waals surface area contributed by atoms with Gasteiger partial charge in [0.05, 0.1) is 9.36 Å². The van der Waals surface area contributed by atoms with Crippen LogP contribution in [0.15, 0.2) is 15.9 Å². The number of rotatable bonds is 2. The Morgan fingerprint density at radius 2 is 1.26 bits per heavy atom. The monoisotopic (exact) mass is 534 g/mol. The average Bonchev–Trinajstić information content (AvgIpc) is 2.78. The average molecular weight is 538 g/mol. The van der Waals surface area contributed by atoms with E-state index < -0.39 is 18.1 Å². The van der Waals surface area contributed by atoms with E-state index in [1.165, 1.54) is 6.07 Å². The molecular weight excluding hydrogens is 537 g/mol. The minimum absolute atomic E-state index is 0.0278. The Hall–Kier alpha value is 1.33. The zero-order valence-electron chi connectivity index (χ0n) is 9.99. The third kappa shape index (κ3) is 6.21. The van der Waals surface area contributed by atoms with Crippen molar-refractivity contribution in [2.24, 2.45) is 0 Å².